The monoisotopic (exact) mass is 210 g/mol. The summed E-state index contributed by atoms with van der Waals surface area (Å²) in [5.74, 6) is 0.0696. The lowest BCUT2D eigenvalue weighted by Gasteiger charge is -2.25. The minimum absolute atomic E-state index is 0.0696. The SMILES string of the molecule is O=[N+]([O-])c1ccc(CN2CCNCC2)[nH]1. The van der Waals surface area contributed by atoms with E-state index in [0.29, 0.717) is 0 Å². The van der Waals surface area contributed by atoms with Crippen LogP contribution in [0.25, 0.3) is 0 Å². The molecule has 1 aliphatic rings. The molecule has 1 fully saturated rings. The Balaban J connectivity index is 1.94. The summed E-state index contributed by atoms with van der Waals surface area (Å²) in [6.45, 7) is 4.72. The zero-order valence-corrected chi connectivity index (χ0v) is 8.40. The number of aromatic amines is 1. The Kier molecular flexibility index (Phi) is 2.98. The molecule has 1 aromatic heterocycles. The van der Waals surface area contributed by atoms with Gasteiger partial charge in [-0.1, -0.05) is 0 Å². The summed E-state index contributed by atoms with van der Waals surface area (Å²) in [6, 6.07) is 3.29. The van der Waals surface area contributed by atoms with Gasteiger partial charge in [0.2, 0.25) is 0 Å². The number of nitro groups is 1. The van der Waals surface area contributed by atoms with Crippen LogP contribution >= 0.6 is 0 Å². The van der Waals surface area contributed by atoms with Gasteiger partial charge in [0.05, 0.1) is 6.54 Å². The van der Waals surface area contributed by atoms with Gasteiger partial charge >= 0.3 is 5.82 Å². The molecule has 6 nitrogen and oxygen atoms in total. The normalized spacial score (nSPS) is 17.9. The topological polar surface area (TPSA) is 74.2 Å². The highest BCUT2D eigenvalue weighted by Gasteiger charge is 2.14. The average Bonchev–Trinajstić information content (AvgIpc) is 2.68. The zero-order valence-electron chi connectivity index (χ0n) is 8.40. The van der Waals surface area contributed by atoms with Crippen LogP contribution in [0.15, 0.2) is 12.1 Å². The Hall–Kier alpha value is -1.40. The number of H-pyrrole nitrogens is 1. The molecule has 0 spiro atoms. The molecule has 2 N–H and O–H groups in total. The summed E-state index contributed by atoms with van der Waals surface area (Å²) in [5, 5.41) is 13.7. The van der Waals surface area contributed by atoms with E-state index in [1.54, 1.807) is 6.07 Å². The fourth-order valence-electron chi connectivity index (χ4n) is 1.74. The molecule has 0 aromatic carbocycles. The van der Waals surface area contributed by atoms with Gasteiger partial charge < -0.3 is 15.4 Å². The lowest BCUT2D eigenvalue weighted by molar-refractivity contribution is -0.389. The van der Waals surface area contributed by atoms with Gasteiger partial charge in [0, 0.05) is 32.2 Å². The number of piperazine rings is 1. The van der Waals surface area contributed by atoms with Crippen molar-refractivity contribution in [1.82, 2.24) is 15.2 Å². The van der Waals surface area contributed by atoms with Crippen LogP contribution in [0.2, 0.25) is 0 Å². The molecular weight excluding hydrogens is 196 g/mol. The maximum Gasteiger partial charge on any atom is 0.321 e. The summed E-state index contributed by atoms with van der Waals surface area (Å²) in [4.78, 5) is 15.1. The van der Waals surface area contributed by atoms with E-state index in [0.717, 1.165) is 38.4 Å². The van der Waals surface area contributed by atoms with E-state index in [1.807, 2.05) is 0 Å². The van der Waals surface area contributed by atoms with Crippen LogP contribution in [0, 0.1) is 10.1 Å². The molecule has 82 valence electrons. The highest BCUT2D eigenvalue weighted by atomic mass is 16.6. The van der Waals surface area contributed by atoms with Crippen LogP contribution in [0.1, 0.15) is 5.69 Å². The molecule has 0 bridgehead atoms. The summed E-state index contributed by atoms with van der Waals surface area (Å²) in [7, 11) is 0. The van der Waals surface area contributed by atoms with Gasteiger partial charge in [-0.05, 0) is 11.0 Å². The van der Waals surface area contributed by atoms with Crippen molar-refractivity contribution in [1.29, 1.82) is 0 Å². The molecule has 2 rings (SSSR count). The second-order valence-corrected chi connectivity index (χ2v) is 3.65. The van der Waals surface area contributed by atoms with Crippen LogP contribution in [0.3, 0.4) is 0 Å². The van der Waals surface area contributed by atoms with Crippen molar-refractivity contribution in [2.24, 2.45) is 0 Å². The van der Waals surface area contributed by atoms with E-state index in [2.05, 4.69) is 15.2 Å². The Morgan fingerprint density at radius 3 is 2.73 bits per heavy atom. The van der Waals surface area contributed by atoms with Gasteiger partial charge in [-0.25, -0.2) is 4.98 Å². The molecule has 0 amide bonds. The summed E-state index contributed by atoms with van der Waals surface area (Å²) in [5.41, 5.74) is 0.906. The molecule has 0 radical (unpaired) electrons. The molecular formula is C9H14N4O2. The summed E-state index contributed by atoms with van der Waals surface area (Å²) < 4.78 is 0. The highest BCUT2D eigenvalue weighted by Crippen LogP contribution is 2.11. The Bertz CT molecular complexity index is 344. The second kappa shape index (κ2) is 4.41. The molecule has 0 saturated carbocycles. The quantitative estimate of drug-likeness (QED) is 0.557. The molecule has 1 aromatic rings. The molecule has 0 unspecified atom stereocenters. The smallest absolute Gasteiger partial charge is 0.321 e. The highest BCUT2D eigenvalue weighted by molar-refractivity contribution is 5.23. The minimum atomic E-state index is -0.402. The van der Waals surface area contributed by atoms with Crippen molar-refractivity contribution in [3.63, 3.8) is 0 Å². The van der Waals surface area contributed by atoms with Crippen LogP contribution < -0.4 is 5.32 Å². The van der Waals surface area contributed by atoms with Crippen molar-refractivity contribution in [2.75, 3.05) is 26.2 Å². The molecule has 1 saturated heterocycles. The van der Waals surface area contributed by atoms with E-state index < -0.39 is 4.92 Å². The van der Waals surface area contributed by atoms with Gasteiger partial charge in [-0.2, -0.15) is 0 Å². The third-order valence-corrected chi connectivity index (χ3v) is 2.53. The fourth-order valence-corrected chi connectivity index (χ4v) is 1.74. The van der Waals surface area contributed by atoms with Crippen molar-refractivity contribution < 1.29 is 4.92 Å². The molecule has 1 aliphatic heterocycles. The van der Waals surface area contributed by atoms with Gasteiger partial charge in [0.15, 0.2) is 0 Å². The van der Waals surface area contributed by atoms with E-state index >= 15 is 0 Å². The van der Waals surface area contributed by atoms with E-state index in [4.69, 9.17) is 0 Å². The van der Waals surface area contributed by atoms with Crippen molar-refractivity contribution in [3.8, 4) is 0 Å². The molecule has 0 atom stereocenters. The average molecular weight is 210 g/mol. The molecule has 15 heavy (non-hydrogen) atoms. The number of hydrogen-bond donors (Lipinski definition) is 2. The lowest BCUT2D eigenvalue weighted by atomic mass is 10.3. The maximum atomic E-state index is 10.5. The maximum absolute atomic E-state index is 10.5. The molecule has 2 heterocycles. The predicted molar refractivity (Wildman–Crippen MR) is 55.6 cm³/mol. The number of aromatic nitrogens is 1. The first-order chi connectivity index (χ1) is 7.25. The lowest BCUT2D eigenvalue weighted by Crippen LogP contribution is -2.42. The van der Waals surface area contributed by atoms with Crippen molar-refractivity contribution in [3.05, 3.63) is 27.9 Å². The first-order valence-corrected chi connectivity index (χ1v) is 5.01. The van der Waals surface area contributed by atoms with Crippen LogP contribution in [-0.4, -0.2) is 41.0 Å². The number of hydrogen-bond acceptors (Lipinski definition) is 4. The Morgan fingerprint density at radius 2 is 2.13 bits per heavy atom. The van der Waals surface area contributed by atoms with E-state index in [1.165, 1.54) is 6.07 Å². The third kappa shape index (κ3) is 2.54. The predicted octanol–water partition coefficient (Wildman–Crippen LogP) is 0.328. The number of rotatable bonds is 3. The van der Waals surface area contributed by atoms with Crippen LogP contribution in [0.5, 0.6) is 0 Å². The van der Waals surface area contributed by atoms with Crippen molar-refractivity contribution in [2.45, 2.75) is 6.54 Å². The number of nitrogens with zero attached hydrogens (tertiary/aromatic N) is 2. The van der Waals surface area contributed by atoms with E-state index in [-0.39, 0.29) is 5.82 Å². The Labute approximate surface area is 87.4 Å². The molecule has 0 aliphatic carbocycles. The summed E-state index contributed by atoms with van der Waals surface area (Å²) >= 11 is 0. The first-order valence-electron chi connectivity index (χ1n) is 5.01. The van der Waals surface area contributed by atoms with Crippen LogP contribution in [0.4, 0.5) is 5.82 Å². The molecule has 6 heteroatoms. The van der Waals surface area contributed by atoms with Gasteiger partial charge in [-0.15, -0.1) is 0 Å². The largest absolute Gasteiger partial charge is 0.358 e. The van der Waals surface area contributed by atoms with Gasteiger partial charge in [-0.3, -0.25) is 4.90 Å². The van der Waals surface area contributed by atoms with E-state index in [9.17, 15) is 10.1 Å². The fraction of sp³-hybridized carbons (Fsp3) is 0.556. The van der Waals surface area contributed by atoms with Crippen LogP contribution in [-0.2, 0) is 6.54 Å². The second-order valence-electron chi connectivity index (χ2n) is 3.65. The Morgan fingerprint density at radius 1 is 1.40 bits per heavy atom. The summed E-state index contributed by atoms with van der Waals surface area (Å²) in [6.07, 6.45) is 0. The minimum Gasteiger partial charge on any atom is -0.358 e. The first kappa shape index (κ1) is 10.1. The number of nitrogens with one attached hydrogen (secondary N) is 2. The standard InChI is InChI=1S/C9H14N4O2/c14-13(15)9-2-1-8(11-9)7-12-5-3-10-4-6-12/h1-2,10-11H,3-7H2. The van der Waals surface area contributed by atoms with Crippen molar-refractivity contribution >= 4 is 5.82 Å². The zero-order chi connectivity index (χ0) is 10.7. The van der Waals surface area contributed by atoms with Gasteiger partial charge in [0.25, 0.3) is 0 Å². The van der Waals surface area contributed by atoms with Gasteiger partial charge in [0.1, 0.15) is 5.69 Å². The third-order valence-electron chi connectivity index (χ3n) is 2.53.